The Bertz CT molecular complexity index is 750. The van der Waals surface area contributed by atoms with Gasteiger partial charge in [0, 0.05) is 13.1 Å². The number of rotatable bonds is 5. The van der Waals surface area contributed by atoms with E-state index in [1.807, 2.05) is 4.90 Å². The largest absolute Gasteiger partial charge is 0.468 e. The summed E-state index contributed by atoms with van der Waals surface area (Å²) in [5.74, 6) is -0.543. The van der Waals surface area contributed by atoms with Gasteiger partial charge in [-0.3, -0.25) is 14.5 Å². The molecule has 0 aromatic rings. The molecule has 0 unspecified atom stereocenters. The van der Waals surface area contributed by atoms with Gasteiger partial charge in [-0.15, -0.1) is 12.4 Å². The number of halogens is 2. The molecule has 0 saturated carbocycles. The highest BCUT2D eigenvalue weighted by Crippen LogP contribution is 2.15. The van der Waals surface area contributed by atoms with Crippen LogP contribution >= 0.6 is 28.3 Å². The van der Waals surface area contributed by atoms with Crippen molar-refractivity contribution in [3.05, 3.63) is 0 Å². The van der Waals surface area contributed by atoms with E-state index in [1.165, 1.54) is 14.2 Å². The molecule has 0 bridgehead atoms. The van der Waals surface area contributed by atoms with Crippen molar-refractivity contribution in [1.82, 2.24) is 10.2 Å². The number of esters is 2. The number of likely N-dealkylation sites (tertiary alicyclic amines) is 1. The topological polar surface area (TPSA) is 188 Å². The molecule has 2 rings (SSSR count). The van der Waals surface area contributed by atoms with E-state index in [0.717, 1.165) is 13.1 Å². The fourth-order valence-electron chi connectivity index (χ4n) is 2.82. The highest BCUT2D eigenvalue weighted by atomic mass is 79.9. The van der Waals surface area contributed by atoms with Gasteiger partial charge in [-0.2, -0.15) is 0 Å². The van der Waals surface area contributed by atoms with Crippen LogP contribution in [-0.4, -0.2) is 96.4 Å². The molecule has 0 aromatic carbocycles. The van der Waals surface area contributed by atoms with Crippen LogP contribution in [0.1, 0.15) is 25.7 Å². The van der Waals surface area contributed by atoms with Crippen molar-refractivity contribution < 1.29 is 35.9 Å². The summed E-state index contributed by atoms with van der Waals surface area (Å²) in [4.78, 5) is 22.7. The van der Waals surface area contributed by atoms with Gasteiger partial charge >= 0.3 is 11.9 Å². The van der Waals surface area contributed by atoms with Gasteiger partial charge in [-0.25, -0.2) is 27.1 Å². The van der Waals surface area contributed by atoms with Gasteiger partial charge in [0.15, 0.2) is 0 Å². The van der Waals surface area contributed by atoms with Crippen molar-refractivity contribution in [1.29, 1.82) is 0 Å². The molecule has 0 aromatic heterocycles. The summed E-state index contributed by atoms with van der Waals surface area (Å²) in [5.41, 5.74) is 0. The summed E-state index contributed by atoms with van der Waals surface area (Å²) < 4.78 is 52.3. The van der Waals surface area contributed by atoms with Crippen LogP contribution in [-0.2, 0) is 39.1 Å². The van der Waals surface area contributed by atoms with E-state index in [1.54, 1.807) is 0 Å². The normalized spacial score (nSPS) is 18.0. The van der Waals surface area contributed by atoms with Crippen LogP contribution in [0.2, 0.25) is 0 Å². The lowest BCUT2D eigenvalue weighted by Gasteiger charge is -2.29. The lowest BCUT2D eigenvalue weighted by molar-refractivity contribution is -0.142. The summed E-state index contributed by atoms with van der Waals surface area (Å²) in [7, 11) is -4.01. The summed E-state index contributed by atoms with van der Waals surface area (Å²) in [6, 6.07) is 0. The number of primary sulfonamides is 2. The minimum absolute atomic E-state index is 0. The molecule has 0 radical (unpaired) electrons. The summed E-state index contributed by atoms with van der Waals surface area (Å²) in [5, 5.41) is 12.6. The Balaban J connectivity index is 0. The molecule has 2 heterocycles. The molecule has 2 aliphatic rings. The van der Waals surface area contributed by atoms with Gasteiger partial charge in [-0.1, -0.05) is 15.9 Å². The first-order chi connectivity index (χ1) is 14.3. The zero-order valence-electron chi connectivity index (χ0n) is 18.2. The van der Waals surface area contributed by atoms with Gasteiger partial charge < -0.3 is 14.8 Å². The molecule has 16 heteroatoms. The maximum absolute atomic E-state index is 11.0. The second-order valence-electron chi connectivity index (χ2n) is 6.89. The first-order valence-electron chi connectivity index (χ1n) is 9.51. The van der Waals surface area contributed by atoms with E-state index in [-0.39, 0.29) is 41.5 Å². The van der Waals surface area contributed by atoms with Crippen molar-refractivity contribution in [2.75, 3.05) is 52.3 Å². The smallest absolute Gasteiger partial charge is 0.319 e. The number of sulfonamides is 2. The number of nitrogens with one attached hydrogen (secondary N) is 1. The Kier molecular flexibility index (Phi) is 17.8. The number of carbonyl (C=O) groups is 2. The van der Waals surface area contributed by atoms with E-state index in [0.29, 0.717) is 38.8 Å². The lowest BCUT2D eigenvalue weighted by Crippen LogP contribution is -2.43. The van der Waals surface area contributed by atoms with Crippen LogP contribution < -0.4 is 15.6 Å². The Hall–Kier alpha value is -0.550. The molecule has 192 valence electrons. The molecule has 12 nitrogen and oxygen atoms in total. The van der Waals surface area contributed by atoms with E-state index < -0.39 is 25.3 Å². The minimum atomic E-state index is -3.43. The Morgan fingerprint density at radius 3 is 1.59 bits per heavy atom. The van der Waals surface area contributed by atoms with Crippen LogP contribution in [0.4, 0.5) is 0 Å². The van der Waals surface area contributed by atoms with E-state index in [9.17, 15) is 26.4 Å². The predicted molar refractivity (Wildman–Crippen MR) is 127 cm³/mol. The molecule has 0 amide bonds. The van der Waals surface area contributed by atoms with E-state index in [2.05, 4.69) is 30.7 Å². The van der Waals surface area contributed by atoms with Gasteiger partial charge in [-0.05, 0) is 38.8 Å². The molecule has 2 saturated heterocycles. The second-order valence-corrected chi connectivity index (χ2v) is 11.1. The van der Waals surface area contributed by atoms with Gasteiger partial charge in [0.1, 0.15) is 5.33 Å². The highest BCUT2D eigenvalue weighted by Gasteiger charge is 2.28. The van der Waals surface area contributed by atoms with Gasteiger partial charge in [0.25, 0.3) is 0 Å². The van der Waals surface area contributed by atoms with Crippen molar-refractivity contribution in [2.24, 2.45) is 10.3 Å². The first-order valence-corrected chi connectivity index (χ1v) is 13.8. The van der Waals surface area contributed by atoms with Crippen molar-refractivity contribution >= 4 is 60.3 Å². The van der Waals surface area contributed by atoms with E-state index in [4.69, 9.17) is 10.3 Å². The molecule has 0 atom stereocenters. The van der Waals surface area contributed by atoms with Crippen LogP contribution in [0, 0.1) is 0 Å². The molecule has 32 heavy (non-hydrogen) atoms. The standard InChI is InChI=1S/C8H16N2O4S.C5H12N2O2S.C3H5BrO2.ClH/c1-14-8(11)6-10-4-2-7(3-5-10)15(9,12)13;6-10(8,9)5-1-3-7-4-2-5;1-6-3(5)2-4;/h7H,2-6H2,1H3,(H2,9,12,13);5,7H,1-4H2,(H2,6,8,9);2H2,1H3;1H. The molecule has 5 N–H and O–H groups in total. The number of methoxy groups -OCH3 is 2. The van der Waals surface area contributed by atoms with Crippen molar-refractivity contribution in [3.63, 3.8) is 0 Å². The Labute approximate surface area is 204 Å². The lowest BCUT2D eigenvalue weighted by atomic mass is 10.1. The number of carbonyl (C=O) groups excluding carboxylic acids is 2. The fourth-order valence-corrected chi connectivity index (χ4v) is 4.81. The monoisotopic (exact) mass is 588 g/mol. The van der Waals surface area contributed by atoms with Gasteiger partial charge in [0.05, 0.1) is 31.3 Å². The third-order valence-corrected chi connectivity index (χ3v) is 7.93. The molecule has 2 fully saturated rings. The molecule has 2 aliphatic heterocycles. The fraction of sp³-hybridized carbons (Fsp3) is 0.875. The Morgan fingerprint density at radius 1 is 0.906 bits per heavy atom. The average Bonchev–Trinajstić information content (AvgIpc) is 2.73. The number of piperidine rings is 2. The second kappa shape index (κ2) is 17.0. The summed E-state index contributed by atoms with van der Waals surface area (Å²) in [6.07, 6.45) is 2.27. The summed E-state index contributed by atoms with van der Waals surface area (Å²) in [6.45, 7) is 2.88. The number of ether oxygens (including phenoxy) is 2. The number of nitrogens with zero attached hydrogens (tertiary/aromatic N) is 1. The minimum Gasteiger partial charge on any atom is -0.468 e. The number of hydrogen-bond donors (Lipinski definition) is 3. The Morgan fingerprint density at radius 2 is 1.31 bits per heavy atom. The predicted octanol–water partition coefficient (Wildman–Crippen LogP) is -1.08. The average molecular weight is 590 g/mol. The maximum atomic E-state index is 11.0. The zero-order valence-corrected chi connectivity index (χ0v) is 22.2. The summed E-state index contributed by atoms with van der Waals surface area (Å²) >= 11 is 2.90. The number of nitrogens with two attached hydrogens (primary N) is 2. The molecule has 0 spiro atoms. The van der Waals surface area contributed by atoms with Crippen molar-refractivity contribution in [3.8, 4) is 0 Å². The van der Waals surface area contributed by atoms with Crippen LogP contribution in [0.15, 0.2) is 0 Å². The van der Waals surface area contributed by atoms with Gasteiger partial charge in [0.2, 0.25) is 20.0 Å². The molecular formula is C16H34BrClN4O8S2. The molecular weight excluding hydrogens is 556 g/mol. The number of hydrogen-bond acceptors (Lipinski definition) is 10. The third-order valence-electron chi connectivity index (χ3n) is 4.67. The zero-order chi connectivity index (χ0) is 24.1. The number of alkyl halides is 1. The maximum Gasteiger partial charge on any atom is 0.319 e. The van der Waals surface area contributed by atoms with E-state index >= 15 is 0 Å². The van der Waals surface area contributed by atoms with Crippen LogP contribution in [0.3, 0.4) is 0 Å². The first kappa shape index (κ1) is 33.6. The quantitative estimate of drug-likeness (QED) is 0.263. The van der Waals surface area contributed by atoms with Crippen molar-refractivity contribution in [2.45, 2.75) is 36.2 Å². The van der Waals surface area contributed by atoms with Crippen LogP contribution in [0.25, 0.3) is 0 Å². The molecule has 0 aliphatic carbocycles. The SMILES string of the molecule is COC(=O)CBr.COC(=O)CN1CCC(S(N)(=O)=O)CC1.Cl.NS(=O)(=O)C1CCNCC1. The van der Waals surface area contributed by atoms with Crippen LogP contribution in [0.5, 0.6) is 0 Å². The third kappa shape index (κ3) is 15.3. The highest BCUT2D eigenvalue weighted by molar-refractivity contribution is 9.09.